The third-order valence-corrected chi connectivity index (χ3v) is 7.29. The van der Waals surface area contributed by atoms with E-state index in [1.54, 1.807) is 37.3 Å². The predicted molar refractivity (Wildman–Crippen MR) is 99.6 cm³/mol. The van der Waals surface area contributed by atoms with Gasteiger partial charge in [-0.15, -0.1) is 0 Å². The van der Waals surface area contributed by atoms with Crippen molar-refractivity contribution in [2.24, 2.45) is 0 Å². The molecule has 1 fully saturated rings. The summed E-state index contributed by atoms with van der Waals surface area (Å²) in [6, 6.07) is 15.4. The molecule has 0 radical (unpaired) electrons. The van der Waals surface area contributed by atoms with Gasteiger partial charge in [-0.2, -0.15) is 9.57 Å². The monoisotopic (exact) mass is 384 g/mol. The van der Waals surface area contributed by atoms with Crippen LogP contribution in [0.15, 0.2) is 53.4 Å². The van der Waals surface area contributed by atoms with Crippen molar-refractivity contribution in [3.8, 4) is 6.07 Å². The van der Waals surface area contributed by atoms with Gasteiger partial charge >= 0.3 is 5.97 Å². The number of rotatable bonds is 4. The fourth-order valence-corrected chi connectivity index (χ4v) is 5.29. The number of benzene rings is 2. The number of sulfonamides is 1. The maximum Gasteiger partial charge on any atom is 0.314 e. The SMILES string of the molecule is Cc1cc(C#N)ccc1S(=O)(=O)N1CCC(C(=O)O)(c2ccccc2)CC1. The summed E-state index contributed by atoms with van der Waals surface area (Å²) in [5.74, 6) is -0.930. The molecule has 0 saturated carbocycles. The molecule has 1 N–H and O–H groups in total. The van der Waals surface area contributed by atoms with Crippen molar-refractivity contribution in [3.63, 3.8) is 0 Å². The molecule has 0 atom stereocenters. The Morgan fingerprint density at radius 2 is 1.78 bits per heavy atom. The first kappa shape index (κ1) is 19.1. The van der Waals surface area contributed by atoms with Crippen LogP contribution < -0.4 is 0 Å². The lowest BCUT2D eigenvalue weighted by molar-refractivity contribution is -0.145. The topological polar surface area (TPSA) is 98.5 Å². The minimum atomic E-state index is -3.74. The molecule has 1 heterocycles. The van der Waals surface area contributed by atoms with Gasteiger partial charge in [0.2, 0.25) is 10.0 Å². The Morgan fingerprint density at radius 1 is 1.15 bits per heavy atom. The molecule has 0 spiro atoms. The van der Waals surface area contributed by atoms with Crippen molar-refractivity contribution < 1.29 is 18.3 Å². The molecule has 7 heteroatoms. The van der Waals surface area contributed by atoms with Crippen molar-refractivity contribution in [2.75, 3.05) is 13.1 Å². The number of aliphatic carboxylic acids is 1. The molecule has 1 aliphatic rings. The van der Waals surface area contributed by atoms with E-state index in [1.165, 1.54) is 16.4 Å². The first-order chi connectivity index (χ1) is 12.8. The highest BCUT2D eigenvalue weighted by Crippen LogP contribution is 2.37. The normalized spacial score (nSPS) is 17.2. The third-order valence-electron chi connectivity index (χ3n) is 5.23. The number of hydrogen-bond acceptors (Lipinski definition) is 4. The molecule has 1 saturated heterocycles. The minimum absolute atomic E-state index is 0.128. The van der Waals surface area contributed by atoms with Gasteiger partial charge in [0.25, 0.3) is 0 Å². The van der Waals surface area contributed by atoms with Gasteiger partial charge in [0.1, 0.15) is 0 Å². The Labute approximate surface area is 158 Å². The first-order valence-electron chi connectivity index (χ1n) is 8.61. The van der Waals surface area contributed by atoms with Gasteiger partial charge in [0.05, 0.1) is 21.9 Å². The summed E-state index contributed by atoms with van der Waals surface area (Å²) in [5, 5.41) is 18.8. The number of nitriles is 1. The molecule has 2 aromatic carbocycles. The molecule has 0 unspecified atom stereocenters. The van der Waals surface area contributed by atoms with E-state index in [9.17, 15) is 18.3 Å². The summed E-state index contributed by atoms with van der Waals surface area (Å²) in [7, 11) is -3.74. The van der Waals surface area contributed by atoms with Gasteiger partial charge in [-0.25, -0.2) is 8.42 Å². The molecular weight excluding hydrogens is 364 g/mol. The molecule has 0 aliphatic carbocycles. The van der Waals surface area contributed by atoms with E-state index in [0.717, 1.165) is 0 Å². The van der Waals surface area contributed by atoms with Gasteiger partial charge in [-0.3, -0.25) is 4.79 Å². The average Bonchev–Trinajstić information content (AvgIpc) is 2.68. The summed E-state index contributed by atoms with van der Waals surface area (Å²) in [4.78, 5) is 12.2. The molecule has 27 heavy (non-hydrogen) atoms. The highest BCUT2D eigenvalue weighted by Gasteiger charge is 2.45. The Kier molecular flexibility index (Phi) is 5.05. The van der Waals surface area contributed by atoms with Gasteiger partial charge in [0.15, 0.2) is 0 Å². The van der Waals surface area contributed by atoms with E-state index in [-0.39, 0.29) is 30.8 Å². The first-order valence-corrected chi connectivity index (χ1v) is 10.0. The lowest BCUT2D eigenvalue weighted by atomic mass is 9.73. The van der Waals surface area contributed by atoms with Crippen molar-refractivity contribution in [1.82, 2.24) is 4.31 Å². The van der Waals surface area contributed by atoms with Crippen LogP contribution in [0.25, 0.3) is 0 Å². The van der Waals surface area contributed by atoms with Gasteiger partial charge < -0.3 is 5.11 Å². The minimum Gasteiger partial charge on any atom is -0.481 e. The van der Waals surface area contributed by atoms with Crippen LogP contribution in [0.4, 0.5) is 0 Å². The van der Waals surface area contributed by atoms with Crippen LogP contribution in [-0.4, -0.2) is 36.9 Å². The van der Waals surface area contributed by atoms with Crippen molar-refractivity contribution in [1.29, 1.82) is 5.26 Å². The summed E-state index contributed by atoms with van der Waals surface area (Å²) >= 11 is 0. The second-order valence-corrected chi connectivity index (χ2v) is 8.66. The van der Waals surface area contributed by atoms with Crippen molar-refractivity contribution >= 4 is 16.0 Å². The number of piperidine rings is 1. The Balaban J connectivity index is 1.88. The van der Waals surface area contributed by atoms with E-state index in [1.807, 2.05) is 12.1 Å². The Morgan fingerprint density at radius 3 is 2.30 bits per heavy atom. The van der Waals surface area contributed by atoms with E-state index >= 15 is 0 Å². The zero-order valence-electron chi connectivity index (χ0n) is 14.9. The number of carboxylic acid groups (broad SMARTS) is 1. The van der Waals surface area contributed by atoms with Crippen LogP contribution in [0.3, 0.4) is 0 Å². The zero-order chi connectivity index (χ0) is 19.7. The van der Waals surface area contributed by atoms with Crippen LogP contribution in [0.2, 0.25) is 0 Å². The van der Waals surface area contributed by atoms with Crippen LogP contribution in [0.1, 0.15) is 29.5 Å². The molecule has 0 aromatic heterocycles. The van der Waals surface area contributed by atoms with E-state index in [0.29, 0.717) is 16.7 Å². The number of carbonyl (C=O) groups is 1. The van der Waals surface area contributed by atoms with Gasteiger partial charge in [-0.1, -0.05) is 30.3 Å². The quantitative estimate of drug-likeness (QED) is 0.874. The summed E-state index contributed by atoms with van der Waals surface area (Å²) in [6.07, 6.45) is 0.418. The van der Waals surface area contributed by atoms with Crippen molar-refractivity contribution in [2.45, 2.75) is 30.1 Å². The molecule has 6 nitrogen and oxygen atoms in total. The van der Waals surface area contributed by atoms with E-state index < -0.39 is 21.4 Å². The Hall–Kier alpha value is -2.69. The van der Waals surface area contributed by atoms with Crippen molar-refractivity contribution in [3.05, 3.63) is 65.2 Å². The van der Waals surface area contributed by atoms with Crippen LogP contribution in [-0.2, 0) is 20.2 Å². The van der Waals surface area contributed by atoms with E-state index in [4.69, 9.17) is 5.26 Å². The molecule has 1 aliphatic heterocycles. The summed E-state index contributed by atoms with van der Waals surface area (Å²) in [6.45, 7) is 1.91. The van der Waals surface area contributed by atoms with E-state index in [2.05, 4.69) is 0 Å². The lowest BCUT2D eigenvalue weighted by Gasteiger charge is -2.38. The standard InChI is InChI=1S/C20H20N2O4S/c1-15-13-16(14-21)7-8-18(15)27(25,26)22-11-9-20(10-12-22,19(23)24)17-5-3-2-4-6-17/h2-8,13H,9-12H2,1H3,(H,23,24). The largest absolute Gasteiger partial charge is 0.481 e. The lowest BCUT2D eigenvalue weighted by Crippen LogP contribution is -2.49. The summed E-state index contributed by atoms with van der Waals surface area (Å²) in [5.41, 5.74) is 0.530. The average molecular weight is 384 g/mol. The number of carboxylic acids is 1. The highest BCUT2D eigenvalue weighted by atomic mass is 32.2. The zero-order valence-corrected chi connectivity index (χ0v) is 15.7. The van der Waals surface area contributed by atoms with Crippen LogP contribution in [0, 0.1) is 18.3 Å². The highest BCUT2D eigenvalue weighted by molar-refractivity contribution is 7.89. The second-order valence-electron chi connectivity index (χ2n) is 6.75. The third kappa shape index (κ3) is 3.34. The fraction of sp³-hybridized carbons (Fsp3) is 0.300. The number of nitrogens with zero attached hydrogens (tertiary/aromatic N) is 2. The molecule has 3 rings (SSSR count). The number of hydrogen-bond donors (Lipinski definition) is 1. The molecular formula is C20H20N2O4S. The maximum atomic E-state index is 13.0. The van der Waals surface area contributed by atoms with Gasteiger partial charge in [0, 0.05) is 13.1 Å². The smallest absolute Gasteiger partial charge is 0.314 e. The van der Waals surface area contributed by atoms with Crippen LogP contribution in [0.5, 0.6) is 0 Å². The molecule has 0 amide bonds. The second kappa shape index (κ2) is 7.14. The molecule has 0 bridgehead atoms. The summed E-state index contributed by atoms with van der Waals surface area (Å²) < 4.78 is 27.4. The maximum absolute atomic E-state index is 13.0. The number of aryl methyl sites for hydroxylation is 1. The molecule has 2 aromatic rings. The van der Waals surface area contributed by atoms with Gasteiger partial charge in [-0.05, 0) is 49.1 Å². The molecule has 140 valence electrons. The van der Waals surface area contributed by atoms with Crippen LogP contribution >= 0.6 is 0 Å². The predicted octanol–water partition coefficient (Wildman–Crippen LogP) is 2.67. The fourth-order valence-electron chi connectivity index (χ4n) is 3.64. The Bertz CT molecular complexity index is 1000.